The van der Waals surface area contributed by atoms with Gasteiger partial charge >= 0.3 is 6.03 Å². The summed E-state index contributed by atoms with van der Waals surface area (Å²) in [4.78, 5) is 27.7. The van der Waals surface area contributed by atoms with E-state index < -0.39 is 17.5 Å². The fourth-order valence-electron chi connectivity index (χ4n) is 2.15. The Labute approximate surface area is 128 Å². The number of carbonyl (C=O) groups excluding carboxylic acids is 2. The third-order valence-corrected chi connectivity index (χ3v) is 3.18. The number of primary amides is 1. The van der Waals surface area contributed by atoms with Gasteiger partial charge in [0.05, 0.1) is 0 Å². The Hall–Kier alpha value is -2.57. The number of fused-ring (bicyclic) bond motifs is 1. The van der Waals surface area contributed by atoms with Crippen molar-refractivity contribution in [1.29, 1.82) is 0 Å². The molecule has 2 rings (SSSR count). The van der Waals surface area contributed by atoms with Crippen LogP contribution in [-0.4, -0.2) is 23.0 Å². The van der Waals surface area contributed by atoms with Crippen LogP contribution >= 0.6 is 0 Å². The average molecular weight is 304 g/mol. The van der Waals surface area contributed by atoms with Gasteiger partial charge in [-0.05, 0) is 17.5 Å². The lowest BCUT2D eigenvalue weighted by Crippen LogP contribution is -2.53. The first kappa shape index (κ1) is 15.8. The summed E-state index contributed by atoms with van der Waals surface area (Å²) in [6.45, 7) is 7.28. The van der Waals surface area contributed by atoms with Crippen molar-refractivity contribution in [2.75, 3.05) is 5.32 Å². The molecule has 1 aromatic carbocycles. The second kappa shape index (κ2) is 5.67. The molecule has 3 amide bonds. The average Bonchev–Trinajstić information content (AvgIpc) is 2.73. The normalized spacial score (nSPS) is 12.9. The number of anilines is 1. The van der Waals surface area contributed by atoms with E-state index in [0.29, 0.717) is 17.2 Å². The predicted molar refractivity (Wildman–Crippen MR) is 83.3 cm³/mol. The fourth-order valence-corrected chi connectivity index (χ4v) is 2.15. The molecule has 4 N–H and O–H groups in total. The zero-order chi connectivity index (χ0) is 16.5. The number of nitrogens with one attached hydrogen (secondary N) is 2. The quantitative estimate of drug-likeness (QED) is 0.806. The Kier molecular flexibility index (Phi) is 4.07. The van der Waals surface area contributed by atoms with Gasteiger partial charge < -0.3 is 20.8 Å². The van der Waals surface area contributed by atoms with E-state index >= 15 is 0 Å². The molecule has 118 valence electrons. The molecule has 0 unspecified atom stereocenters. The maximum Gasteiger partial charge on any atom is 0.312 e. The molecule has 0 aliphatic heterocycles. The van der Waals surface area contributed by atoms with Crippen molar-refractivity contribution in [2.45, 2.75) is 33.7 Å². The number of nitrogens with two attached hydrogens (primary N) is 1. The molecule has 0 radical (unpaired) electrons. The van der Waals surface area contributed by atoms with E-state index in [-0.39, 0.29) is 5.91 Å². The van der Waals surface area contributed by atoms with E-state index in [1.54, 1.807) is 25.1 Å². The van der Waals surface area contributed by atoms with Crippen LogP contribution in [0.25, 0.3) is 11.1 Å². The van der Waals surface area contributed by atoms with Crippen LogP contribution in [0.2, 0.25) is 0 Å². The molecule has 7 heteroatoms. The summed E-state index contributed by atoms with van der Waals surface area (Å²) >= 11 is 0. The smallest absolute Gasteiger partial charge is 0.312 e. The monoisotopic (exact) mass is 304 g/mol. The first-order chi connectivity index (χ1) is 10.2. The summed E-state index contributed by atoms with van der Waals surface area (Å²) in [5.74, 6) is 0.211. The Morgan fingerprint density at radius 3 is 2.59 bits per heavy atom. The number of carbonyl (C=O) groups is 2. The molecule has 0 aliphatic carbocycles. The number of hydrogen-bond acceptors (Lipinski definition) is 4. The van der Waals surface area contributed by atoms with E-state index in [1.165, 1.54) is 0 Å². The van der Waals surface area contributed by atoms with Crippen molar-refractivity contribution in [1.82, 2.24) is 10.3 Å². The third-order valence-electron chi connectivity index (χ3n) is 3.18. The summed E-state index contributed by atoms with van der Waals surface area (Å²) in [6, 6.07) is 3.69. The highest BCUT2D eigenvalue weighted by Gasteiger charge is 2.32. The topological polar surface area (TPSA) is 110 Å². The van der Waals surface area contributed by atoms with Crippen LogP contribution in [-0.2, 0) is 4.79 Å². The second-order valence-electron chi connectivity index (χ2n) is 6.21. The van der Waals surface area contributed by atoms with Crippen molar-refractivity contribution < 1.29 is 14.0 Å². The number of amides is 3. The first-order valence-corrected chi connectivity index (χ1v) is 6.91. The van der Waals surface area contributed by atoms with Gasteiger partial charge in [-0.3, -0.25) is 4.79 Å². The van der Waals surface area contributed by atoms with E-state index in [2.05, 4.69) is 15.6 Å². The summed E-state index contributed by atoms with van der Waals surface area (Å²) in [5, 5.41) is 5.23. The number of hydrogen-bond donors (Lipinski definition) is 3. The van der Waals surface area contributed by atoms with Gasteiger partial charge in [0.15, 0.2) is 11.5 Å². The minimum Gasteiger partial charge on any atom is -0.441 e. The van der Waals surface area contributed by atoms with Gasteiger partial charge in [0, 0.05) is 18.7 Å². The van der Waals surface area contributed by atoms with E-state index in [9.17, 15) is 9.59 Å². The molecular formula is C15H20N4O3. The molecule has 2 aromatic rings. The first-order valence-electron chi connectivity index (χ1n) is 6.91. The molecule has 0 spiro atoms. The molecule has 7 nitrogen and oxygen atoms in total. The van der Waals surface area contributed by atoms with Crippen LogP contribution in [0.3, 0.4) is 0 Å². The van der Waals surface area contributed by atoms with Crippen molar-refractivity contribution in [3.05, 3.63) is 24.1 Å². The van der Waals surface area contributed by atoms with Crippen LogP contribution in [0.15, 0.2) is 22.6 Å². The van der Waals surface area contributed by atoms with Gasteiger partial charge in [0.1, 0.15) is 11.6 Å². The van der Waals surface area contributed by atoms with Crippen LogP contribution < -0.4 is 16.4 Å². The number of oxazole rings is 1. The largest absolute Gasteiger partial charge is 0.441 e. The van der Waals surface area contributed by atoms with Gasteiger partial charge in [-0.1, -0.05) is 20.8 Å². The summed E-state index contributed by atoms with van der Waals surface area (Å²) in [6.07, 6.45) is 0. The van der Waals surface area contributed by atoms with E-state index in [1.807, 2.05) is 20.8 Å². The molecule has 22 heavy (non-hydrogen) atoms. The molecule has 1 aromatic heterocycles. The summed E-state index contributed by atoms with van der Waals surface area (Å²) in [5.41, 5.74) is 6.54. The van der Waals surface area contributed by atoms with Crippen molar-refractivity contribution >= 4 is 28.7 Å². The highest BCUT2D eigenvalue weighted by molar-refractivity contribution is 5.98. The Morgan fingerprint density at radius 2 is 2.00 bits per heavy atom. The molecular weight excluding hydrogens is 284 g/mol. The highest BCUT2D eigenvalue weighted by Crippen LogP contribution is 2.23. The Morgan fingerprint density at radius 1 is 1.32 bits per heavy atom. The maximum atomic E-state index is 12.4. The minimum absolute atomic E-state index is 0.345. The predicted octanol–water partition coefficient (Wildman–Crippen LogP) is 2.16. The van der Waals surface area contributed by atoms with Gasteiger partial charge in [-0.15, -0.1) is 0 Å². The third kappa shape index (κ3) is 3.55. The molecule has 0 saturated heterocycles. The van der Waals surface area contributed by atoms with Crippen LogP contribution in [0.1, 0.15) is 26.7 Å². The lowest BCUT2D eigenvalue weighted by Gasteiger charge is -2.29. The number of rotatable bonds is 3. The summed E-state index contributed by atoms with van der Waals surface area (Å²) < 4.78 is 5.43. The number of aromatic nitrogens is 1. The Bertz CT molecular complexity index is 715. The van der Waals surface area contributed by atoms with Crippen molar-refractivity contribution in [3.8, 4) is 0 Å². The minimum atomic E-state index is -0.753. The van der Waals surface area contributed by atoms with Crippen LogP contribution in [0.5, 0.6) is 0 Å². The number of benzene rings is 1. The van der Waals surface area contributed by atoms with Gasteiger partial charge in [-0.25, -0.2) is 9.78 Å². The summed E-state index contributed by atoms with van der Waals surface area (Å²) in [7, 11) is 0. The van der Waals surface area contributed by atoms with Crippen molar-refractivity contribution in [2.24, 2.45) is 11.1 Å². The fraction of sp³-hybridized carbons (Fsp3) is 0.400. The zero-order valence-corrected chi connectivity index (χ0v) is 13.1. The van der Waals surface area contributed by atoms with E-state index in [0.717, 1.165) is 5.52 Å². The standard InChI is InChI=1S/C15H20N4O3/c1-8-17-10-6-5-9(7-11(10)22-8)18-13(20)12(15(2,3)4)19-14(16)21/h5-7,12H,1-4H3,(H,18,20)(H3,16,19,21)/t12-/m0/s1. The number of nitrogens with zero attached hydrogens (tertiary/aromatic N) is 1. The van der Waals surface area contributed by atoms with E-state index in [4.69, 9.17) is 10.2 Å². The van der Waals surface area contributed by atoms with Gasteiger partial charge in [0.25, 0.3) is 0 Å². The number of urea groups is 1. The maximum absolute atomic E-state index is 12.4. The molecule has 0 saturated carbocycles. The lowest BCUT2D eigenvalue weighted by atomic mass is 9.86. The SMILES string of the molecule is Cc1nc2ccc(NC(=O)[C@H](NC(N)=O)C(C)(C)C)cc2o1. The second-order valence-corrected chi connectivity index (χ2v) is 6.21. The molecule has 1 heterocycles. The molecule has 0 aliphatic rings. The zero-order valence-electron chi connectivity index (χ0n) is 13.1. The molecule has 0 fully saturated rings. The highest BCUT2D eigenvalue weighted by atomic mass is 16.3. The Balaban J connectivity index is 2.21. The molecule has 0 bridgehead atoms. The van der Waals surface area contributed by atoms with Crippen LogP contribution in [0, 0.1) is 12.3 Å². The van der Waals surface area contributed by atoms with Gasteiger partial charge in [-0.2, -0.15) is 0 Å². The van der Waals surface area contributed by atoms with Crippen molar-refractivity contribution in [3.63, 3.8) is 0 Å². The molecule has 1 atom stereocenters. The van der Waals surface area contributed by atoms with Crippen LogP contribution in [0.4, 0.5) is 10.5 Å². The lowest BCUT2D eigenvalue weighted by molar-refractivity contribution is -0.120. The number of aryl methyl sites for hydroxylation is 1. The van der Waals surface area contributed by atoms with Gasteiger partial charge in [0.2, 0.25) is 5.91 Å².